The van der Waals surface area contributed by atoms with Crippen LogP contribution >= 0.6 is 7.52 Å². The summed E-state index contributed by atoms with van der Waals surface area (Å²) in [7, 11) is -3.88. The summed E-state index contributed by atoms with van der Waals surface area (Å²) in [6.45, 7) is 10.2. The molecular formula is C23H39N6O7P. The maximum absolute atomic E-state index is 13.7. The van der Waals surface area contributed by atoms with Crippen LogP contribution < -0.4 is 10.8 Å². The van der Waals surface area contributed by atoms with Crippen molar-refractivity contribution >= 4 is 36.4 Å². The average molecular weight is 543 g/mol. The van der Waals surface area contributed by atoms with Crippen LogP contribution in [0.25, 0.3) is 11.2 Å². The quantitative estimate of drug-likeness (QED) is 0.181. The van der Waals surface area contributed by atoms with E-state index in [-0.39, 0.29) is 18.5 Å². The molecule has 2 rings (SSSR count). The van der Waals surface area contributed by atoms with Gasteiger partial charge in [0.15, 0.2) is 18.1 Å². The first-order valence-corrected chi connectivity index (χ1v) is 14.1. The van der Waals surface area contributed by atoms with Gasteiger partial charge in [-0.25, -0.2) is 24.8 Å². The third kappa shape index (κ3) is 9.66. The van der Waals surface area contributed by atoms with Crippen LogP contribution in [0.3, 0.4) is 0 Å². The molecule has 37 heavy (non-hydrogen) atoms. The number of nitrogens with one attached hydrogen (secondary N) is 1. The Morgan fingerprint density at radius 2 is 1.92 bits per heavy atom. The van der Waals surface area contributed by atoms with Crippen molar-refractivity contribution in [1.82, 2.24) is 24.6 Å². The minimum absolute atomic E-state index is 0.254. The van der Waals surface area contributed by atoms with Crippen LogP contribution in [0.2, 0.25) is 0 Å². The molecule has 0 bridgehead atoms. The highest BCUT2D eigenvalue weighted by Gasteiger charge is 2.39. The minimum atomic E-state index is -3.88. The molecule has 2 aromatic heterocycles. The van der Waals surface area contributed by atoms with Crippen LogP contribution in [0.5, 0.6) is 0 Å². The number of carbonyl (C=O) groups excluding carboxylic acids is 2. The third-order valence-corrected chi connectivity index (χ3v) is 7.05. The second-order valence-electron chi connectivity index (χ2n) is 9.50. The van der Waals surface area contributed by atoms with Gasteiger partial charge in [0, 0.05) is 0 Å². The lowest BCUT2D eigenvalue weighted by Gasteiger charge is -2.30. The van der Waals surface area contributed by atoms with Crippen molar-refractivity contribution in [3.63, 3.8) is 0 Å². The van der Waals surface area contributed by atoms with Gasteiger partial charge >= 0.3 is 11.9 Å². The summed E-state index contributed by atoms with van der Waals surface area (Å²) in [5.41, 5.74) is 5.46. The Hall–Kier alpha value is -2.60. The topological polar surface area (TPSA) is 170 Å². The van der Waals surface area contributed by atoms with Crippen molar-refractivity contribution in [1.29, 1.82) is 0 Å². The fraction of sp³-hybridized carbons (Fsp3) is 0.696. The lowest BCUT2D eigenvalue weighted by Crippen LogP contribution is -2.47. The molecule has 0 aliphatic carbocycles. The molecule has 13 nitrogen and oxygen atoms in total. The van der Waals surface area contributed by atoms with E-state index < -0.39 is 44.1 Å². The average Bonchev–Trinajstić information content (AvgIpc) is 3.22. The van der Waals surface area contributed by atoms with Gasteiger partial charge < -0.3 is 29.0 Å². The van der Waals surface area contributed by atoms with Crippen molar-refractivity contribution < 1.29 is 32.9 Å². The fourth-order valence-electron chi connectivity index (χ4n) is 3.31. The smallest absolute Gasteiger partial charge is 0.332 e. The molecule has 0 aliphatic heterocycles. The number of fused-ring (bicyclic) bond motifs is 1. The van der Waals surface area contributed by atoms with E-state index in [1.165, 1.54) is 20.2 Å². The van der Waals surface area contributed by atoms with Crippen molar-refractivity contribution in [2.45, 2.75) is 85.1 Å². The predicted molar refractivity (Wildman–Crippen MR) is 138 cm³/mol. The van der Waals surface area contributed by atoms with E-state index in [1.54, 1.807) is 31.7 Å². The SMILES string of the molecule is CCCCCOC(=O)C(C)(C)N[P@](=O)(CO[C@H](C)Cn1cnc2c(N)ncnc21)OCC(=O)OC(C)C. The van der Waals surface area contributed by atoms with Gasteiger partial charge in [-0.05, 0) is 41.0 Å². The molecule has 0 aromatic carbocycles. The molecule has 2 heterocycles. The molecular weight excluding hydrogens is 503 g/mol. The number of imidazole rings is 1. The molecule has 208 valence electrons. The lowest BCUT2D eigenvalue weighted by atomic mass is 10.1. The molecule has 2 aromatic rings. The van der Waals surface area contributed by atoms with E-state index >= 15 is 0 Å². The number of anilines is 1. The fourth-order valence-corrected chi connectivity index (χ4v) is 5.22. The summed E-state index contributed by atoms with van der Waals surface area (Å²) in [4.78, 5) is 37.0. The number of unbranched alkanes of at least 4 members (excludes halogenated alkanes) is 2. The summed E-state index contributed by atoms with van der Waals surface area (Å²) >= 11 is 0. The first kappa shape index (κ1) is 30.6. The molecule has 0 radical (unpaired) electrons. The predicted octanol–water partition coefficient (Wildman–Crippen LogP) is 3.03. The van der Waals surface area contributed by atoms with E-state index in [2.05, 4.69) is 20.0 Å². The van der Waals surface area contributed by atoms with Gasteiger partial charge in [0.05, 0.1) is 31.7 Å². The standard InChI is InChI=1S/C23H39N6O7P/c1-7-8-9-10-33-22(31)23(5,6)28-37(32,35-12-18(30)36-16(2)3)15-34-17(4)11-29-14-27-19-20(24)25-13-26-21(19)29/h13-14,16-17H,7-12,15H2,1-6H3,(H,28,32)(H2,24,25,26)/t17-,37+/m1/s1. The first-order valence-electron chi connectivity index (χ1n) is 12.3. The normalized spacial score (nSPS) is 14.5. The molecule has 0 aliphatic rings. The summed E-state index contributed by atoms with van der Waals surface area (Å²) in [6, 6.07) is 0. The zero-order chi connectivity index (χ0) is 27.6. The summed E-state index contributed by atoms with van der Waals surface area (Å²) in [5, 5.41) is 2.74. The number of nitrogen functional groups attached to an aromatic ring is 1. The van der Waals surface area contributed by atoms with Crippen LogP contribution in [0.1, 0.15) is 60.8 Å². The van der Waals surface area contributed by atoms with Gasteiger partial charge in [-0.1, -0.05) is 19.8 Å². The number of ether oxygens (including phenoxy) is 3. The van der Waals surface area contributed by atoms with Crippen LogP contribution in [0.4, 0.5) is 5.82 Å². The molecule has 0 unspecified atom stereocenters. The molecule has 2 atom stereocenters. The van der Waals surface area contributed by atoms with E-state index in [9.17, 15) is 14.2 Å². The van der Waals surface area contributed by atoms with E-state index in [0.717, 1.165) is 19.3 Å². The molecule has 0 amide bonds. The minimum Gasteiger partial charge on any atom is -0.464 e. The van der Waals surface area contributed by atoms with E-state index in [0.29, 0.717) is 17.7 Å². The van der Waals surface area contributed by atoms with Gasteiger partial charge in [0.2, 0.25) is 0 Å². The van der Waals surface area contributed by atoms with E-state index in [1.807, 2.05) is 6.92 Å². The number of aromatic nitrogens is 4. The number of hydrogen-bond donors (Lipinski definition) is 2. The number of carbonyl (C=O) groups is 2. The first-order chi connectivity index (χ1) is 17.4. The summed E-state index contributed by atoms with van der Waals surface area (Å²) in [6.07, 6.45) is 4.29. The molecule has 0 saturated carbocycles. The van der Waals surface area contributed by atoms with E-state index in [4.69, 9.17) is 24.5 Å². The van der Waals surface area contributed by atoms with Crippen molar-refractivity contribution in [3.05, 3.63) is 12.7 Å². The van der Waals surface area contributed by atoms with Crippen molar-refractivity contribution in [2.24, 2.45) is 0 Å². The zero-order valence-electron chi connectivity index (χ0n) is 22.4. The maximum Gasteiger partial charge on any atom is 0.332 e. The molecule has 0 spiro atoms. The van der Waals surface area contributed by atoms with Crippen LogP contribution in [-0.4, -0.2) is 68.8 Å². The van der Waals surface area contributed by atoms with Gasteiger partial charge in [0.1, 0.15) is 23.7 Å². The maximum atomic E-state index is 13.7. The summed E-state index contributed by atoms with van der Waals surface area (Å²) < 4.78 is 37.2. The Bertz CT molecular complexity index is 1090. The largest absolute Gasteiger partial charge is 0.464 e. The van der Waals surface area contributed by atoms with Gasteiger partial charge in [-0.15, -0.1) is 0 Å². The Kier molecular flexibility index (Phi) is 11.4. The molecule has 0 fully saturated rings. The van der Waals surface area contributed by atoms with Crippen LogP contribution in [0.15, 0.2) is 12.7 Å². The number of nitrogens with zero attached hydrogens (tertiary/aromatic N) is 4. The number of hydrogen-bond acceptors (Lipinski definition) is 11. The zero-order valence-corrected chi connectivity index (χ0v) is 23.3. The number of rotatable bonds is 16. The third-order valence-electron chi connectivity index (χ3n) is 5.11. The van der Waals surface area contributed by atoms with Crippen molar-refractivity contribution in [3.8, 4) is 0 Å². The second-order valence-corrected chi connectivity index (χ2v) is 11.6. The Morgan fingerprint density at radius 1 is 1.19 bits per heavy atom. The highest BCUT2D eigenvalue weighted by molar-refractivity contribution is 7.56. The number of nitrogens with two attached hydrogens (primary N) is 1. The monoisotopic (exact) mass is 542 g/mol. The molecule has 0 saturated heterocycles. The summed E-state index contributed by atoms with van der Waals surface area (Å²) in [5.74, 6) is -1.02. The second kappa shape index (κ2) is 13.8. The Balaban J connectivity index is 2.08. The molecule has 3 N–H and O–H groups in total. The molecule has 14 heteroatoms. The lowest BCUT2D eigenvalue weighted by molar-refractivity contribution is -0.149. The number of esters is 2. The highest BCUT2D eigenvalue weighted by Crippen LogP contribution is 2.45. The van der Waals surface area contributed by atoms with Gasteiger partial charge in [-0.3, -0.25) is 9.36 Å². The van der Waals surface area contributed by atoms with Crippen LogP contribution in [-0.2, 0) is 39.4 Å². The van der Waals surface area contributed by atoms with Crippen molar-refractivity contribution in [2.75, 3.05) is 25.3 Å². The Labute approximate surface area is 217 Å². The van der Waals surface area contributed by atoms with Gasteiger partial charge in [-0.2, -0.15) is 0 Å². The van der Waals surface area contributed by atoms with Gasteiger partial charge in [0.25, 0.3) is 7.52 Å². The highest BCUT2D eigenvalue weighted by atomic mass is 31.2. The Morgan fingerprint density at radius 3 is 2.59 bits per heavy atom. The van der Waals surface area contributed by atoms with Crippen LogP contribution in [0, 0.1) is 0 Å².